The van der Waals surface area contributed by atoms with Crippen LogP contribution in [0.2, 0.25) is 0 Å². The summed E-state index contributed by atoms with van der Waals surface area (Å²) in [5, 5.41) is 0. The second kappa shape index (κ2) is 6.43. The molecule has 1 nitrogen and oxygen atoms in total. The minimum absolute atomic E-state index is 0.170. The van der Waals surface area contributed by atoms with Gasteiger partial charge < -0.3 is 5.73 Å². The van der Waals surface area contributed by atoms with E-state index in [0.717, 1.165) is 11.6 Å². The smallest absolute Gasteiger partial charge is 0.162 e. The molecule has 0 saturated heterocycles. The van der Waals surface area contributed by atoms with Crippen LogP contribution in [0.3, 0.4) is 0 Å². The fourth-order valence-electron chi connectivity index (χ4n) is 2.22. The van der Waals surface area contributed by atoms with E-state index in [-0.39, 0.29) is 5.92 Å². The van der Waals surface area contributed by atoms with E-state index in [1.807, 2.05) is 30.3 Å². The van der Waals surface area contributed by atoms with E-state index < -0.39 is 11.6 Å². The predicted molar refractivity (Wildman–Crippen MR) is 72.9 cm³/mol. The molecule has 2 rings (SSSR count). The van der Waals surface area contributed by atoms with Crippen LogP contribution in [0.15, 0.2) is 48.5 Å². The summed E-state index contributed by atoms with van der Waals surface area (Å²) in [5.41, 5.74) is 7.32. The maximum absolute atomic E-state index is 13.6. The van der Waals surface area contributed by atoms with E-state index in [2.05, 4.69) is 0 Å². The first-order valence-electron chi connectivity index (χ1n) is 6.40. The number of hydrogen-bond donors (Lipinski definition) is 1. The molecule has 1 atom stereocenters. The van der Waals surface area contributed by atoms with Crippen molar-refractivity contribution < 1.29 is 8.78 Å². The summed E-state index contributed by atoms with van der Waals surface area (Å²) in [6.07, 6.45) is 1.20. The minimum Gasteiger partial charge on any atom is -0.330 e. The Morgan fingerprint density at radius 3 is 2.37 bits per heavy atom. The summed E-state index contributed by atoms with van der Waals surface area (Å²) in [7, 11) is 0. The molecule has 19 heavy (non-hydrogen) atoms. The maximum atomic E-state index is 13.6. The Morgan fingerprint density at radius 1 is 0.947 bits per heavy atom. The van der Waals surface area contributed by atoms with Crippen LogP contribution in [0.4, 0.5) is 8.78 Å². The van der Waals surface area contributed by atoms with Crippen LogP contribution >= 0.6 is 0 Å². The number of rotatable bonds is 5. The molecule has 0 radical (unpaired) electrons. The molecular formula is C16H17F2N. The van der Waals surface area contributed by atoms with Crippen LogP contribution in [0.1, 0.15) is 23.5 Å². The topological polar surface area (TPSA) is 26.0 Å². The third-order valence-corrected chi connectivity index (χ3v) is 3.35. The van der Waals surface area contributed by atoms with Gasteiger partial charge in [0.05, 0.1) is 0 Å². The highest BCUT2D eigenvalue weighted by atomic mass is 19.2. The fraction of sp³-hybridized carbons (Fsp3) is 0.250. The number of nitrogens with two attached hydrogens (primary N) is 1. The summed E-state index contributed by atoms with van der Waals surface area (Å²) < 4.78 is 26.7. The predicted octanol–water partition coefficient (Wildman–Crippen LogP) is 3.64. The summed E-state index contributed by atoms with van der Waals surface area (Å²) >= 11 is 0. The molecule has 0 aliphatic carbocycles. The van der Waals surface area contributed by atoms with E-state index in [9.17, 15) is 8.78 Å². The Hall–Kier alpha value is -1.74. The van der Waals surface area contributed by atoms with Crippen molar-refractivity contribution in [3.63, 3.8) is 0 Å². The van der Waals surface area contributed by atoms with Crippen molar-refractivity contribution in [3.8, 4) is 0 Å². The zero-order valence-corrected chi connectivity index (χ0v) is 10.7. The van der Waals surface area contributed by atoms with Gasteiger partial charge in [0.1, 0.15) is 0 Å². The zero-order valence-electron chi connectivity index (χ0n) is 10.7. The molecule has 2 aromatic rings. The van der Waals surface area contributed by atoms with Gasteiger partial charge in [0.15, 0.2) is 11.6 Å². The highest BCUT2D eigenvalue weighted by Crippen LogP contribution is 2.22. The summed E-state index contributed by atoms with van der Waals surface area (Å²) in [4.78, 5) is 0. The number of aryl methyl sites for hydroxylation is 1. The van der Waals surface area contributed by atoms with Crippen molar-refractivity contribution in [3.05, 3.63) is 71.3 Å². The highest BCUT2D eigenvalue weighted by Gasteiger charge is 2.12. The molecule has 3 heteroatoms. The maximum Gasteiger partial charge on any atom is 0.162 e. The van der Waals surface area contributed by atoms with Crippen molar-refractivity contribution >= 4 is 0 Å². The monoisotopic (exact) mass is 261 g/mol. The second-order valence-corrected chi connectivity index (χ2v) is 4.59. The van der Waals surface area contributed by atoms with Gasteiger partial charge in [-0.1, -0.05) is 42.5 Å². The molecule has 0 bridgehead atoms. The van der Waals surface area contributed by atoms with Gasteiger partial charge in [-0.25, -0.2) is 8.78 Å². The molecule has 0 aromatic heterocycles. The Labute approximate surface area is 112 Å². The molecule has 0 amide bonds. The molecule has 0 aliphatic heterocycles. The molecule has 100 valence electrons. The van der Waals surface area contributed by atoms with Crippen LogP contribution in [0.25, 0.3) is 0 Å². The fourth-order valence-corrected chi connectivity index (χ4v) is 2.22. The van der Waals surface area contributed by atoms with Crippen molar-refractivity contribution in [2.45, 2.75) is 18.8 Å². The number of benzene rings is 2. The Balaban J connectivity index is 2.06. The zero-order chi connectivity index (χ0) is 13.7. The van der Waals surface area contributed by atoms with Crippen LogP contribution in [-0.2, 0) is 6.42 Å². The van der Waals surface area contributed by atoms with E-state index in [0.29, 0.717) is 24.9 Å². The van der Waals surface area contributed by atoms with Gasteiger partial charge in [-0.2, -0.15) is 0 Å². The number of halogens is 2. The lowest BCUT2D eigenvalue weighted by Gasteiger charge is -2.15. The van der Waals surface area contributed by atoms with Gasteiger partial charge in [0, 0.05) is 0 Å². The van der Waals surface area contributed by atoms with E-state index in [1.54, 1.807) is 6.07 Å². The molecule has 1 unspecified atom stereocenters. The van der Waals surface area contributed by atoms with Gasteiger partial charge in [0.25, 0.3) is 0 Å². The largest absolute Gasteiger partial charge is 0.330 e. The van der Waals surface area contributed by atoms with Crippen molar-refractivity contribution in [1.29, 1.82) is 0 Å². The SMILES string of the molecule is NCC(CCc1cccc(F)c1F)c1ccccc1. The molecular weight excluding hydrogens is 244 g/mol. The van der Waals surface area contributed by atoms with Crippen molar-refractivity contribution in [2.75, 3.05) is 6.54 Å². The third-order valence-electron chi connectivity index (χ3n) is 3.35. The standard InChI is InChI=1S/C16H17F2N/c17-15-8-4-7-13(16(15)18)9-10-14(11-19)12-5-2-1-3-6-12/h1-8,14H,9-11,19H2. The first kappa shape index (κ1) is 13.7. The Kier molecular flexibility index (Phi) is 4.63. The van der Waals surface area contributed by atoms with Gasteiger partial charge >= 0.3 is 0 Å². The summed E-state index contributed by atoms with van der Waals surface area (Å²) in [6, 6.07) is 14.2. The van der Waals surface area contributed by atoms with Crippen molar-refractivity contribution in [1.82, 2.24) is 0 Å². The molecule has 2 aromatic carbocycles. The number of hydrogen-bond acceptors (Lipinski definition) is 1. The molecule has 0 spiro atoms. The molecule has 0 heterocycles. The molecule has 2 N–H and O–H groups in total. The average Bonchev–Trinajstić information content (AvgIpc) is 2.45. The van der Waals surface area contributed by atoms with Crippen LogP contribution in [-0.4, -0.2) is 6.54 Å². The quantitative estimate of drug-likeness (QED) is 0.873. The molecule has 0 saturated carbocycles. The lowest BCUT2D eigenvalue weighted by Crippen LogP contribution is -2.13. The lowest BCUT2D eigenvalue weighted by atomic mass is 9.92. The third kappa shape index (κ3) is 3.38. The molecule has 0 fully saturated rings. The summed E-state index contributed by atoms with van der Waals surface area (Å²) in [6.45, 7) is 0.501. The van der Waals surface area contributed by atoms with Gasteiger partial charge in [0.2, 0.25) is 0 Å². The Bertz CT molecular complexity index is 526. The lowest BCUT2D eigenvalue weighted by molar-refractivity contribution is 0.493. The normalized spacial score (nSPS) is 12.4. The minimum atomic E-state index is -0.790. The van der Waals surface area contributed by atoms with Gasteiger partial charge in [-0.3, -0.25) is 0 Å². The molecule has 0 aliphatic rings. The van der Waals surface area contributed by atoms with Crippen molar-refractivity contribution in [2.24, 2.45) is 5.73 Å². The summed E-state index contributed by atoms with van der Waals surface area (Å²) in [5.74, 6) is -1.36. The van der Waals surface area contributed by atoms with Crippen LogP contribution < -0.4 is 5.73 Å². The first-order chi connectivity index (χ1) is 9.22. The first-order valence-corrected chi connectivity index (χ1v) is 6.40. The average molecular weight is 261 g/mol. The van der Waals surface area contributed by atoms with E-state index >= 15 is 0 Å². The van der Waals surface area contributed by atoms with Gasteiger partial charge in [-0.15, -0.1) is 0 Å². The van der Waals surface area contributed by atoms with E-state index in [4.69, 9.17) is 5.73 Å². The van der Waals surface area contributed by atoms with Crippen LogP contribution in [0.5, 0.6) is 0 Å². The van der Waals surface area contributed by atoms with E-state index in [1.165, 1.54) is 6.07 Å². The highest BCUT2D eigenvalue weighted by molar-refractivity contribution is 5.22. The van der Waals surface area contributed by atoms with Crippen LogP contribution in [0, 0.1) is 11.6 Å². The Morgan fingerprint density at radius 2 is 1.68 bits per heavy atom. The second-order valence-electron chi connectivity index (χ2n) is 4.59. The van der Waals surface area contributed by atoms with Gasteiger partial charge in [-0.05, 0) is 42.5 Å².